The highest BCUT2D eigenvalue weighted by atomic mass is 16.2. The van der Waals surface area contributed by atoms with Crippen molar-refractivity contribution in [2.45, 2.75) is 32.7 Å². The molecule has 22 heavy (non-hydrogen) atoms. The Hall–Kier alpha value is -1.38. The van der Waals surface area contributed by atoms with Crippen molar-refractivity contribution in [3.63, 3.8) is 0 Å². The molecule has 0 aliphatic carbocycles. The summed E-state index contributed by atoms with van der Waals surface area (Å²) in [5.41, 5.74) is 8.58. The van der Waals surface area contributed by atoms with Crippen LogP contribution in [-0.2, 0) is 4.79 Å². The lowest BCUT2D eigenvalue weighted by molar-refractivity contribution is -0.133. The van der Waals surface area contributed by atoms with Crippen LogP contribution >= 0.6 is 0 Å². The van der Waals surface area contributed by atoms with Gasteiger partial charge in [-0.25, -0.2) is 10.4 Å². The predicted octanol–water partition coefficient (Wildman–Crippen LogP) is -0.558. The van der Waals surface area contributed by atoms with E-state index in [-0.39, 0.29) is 17.9 Å². The Morgan fingerprint density at radius 3 is 2.32 bits per heavy atom. The maximum Gasteiger partial charge on any atom is 0.240 e. The average molecular weight is 315 g/mol. The Bertz CT molecular complexity index is 335. The number of amides is 1. The highest BCUT2D eigenvalue weighted by Gasteiger charge is 2.22. The lowest BCUT2D eigenvalue weighted by atomic mass is 10.1. The van der Waals surface area contributed by atoms with E-state index in [9.17, 15) is 4.79 Å². The van der Waals surface area contributed by atoms with Gasteiger partial charge in [0.2, 0.25) is 5.91 Å². The van der Waals surface area contributed by atoms with Crippen LogP contribution in [0.3, 0.4) is 0 Å². The number of guanidine groups is 1. The highest BCUT2D eigenvalue weighted by Crippen LogP contribution is 2.02. The van der Waals surface area contributed by atoms with Crippen molar-refractivity contribution < 1.29 is 4.79 Å². The second-order valence-corrected chi connectivity index (χ2v) is 5.57. The van der Waals surface area contributed by atoms with Crippen LogP contribution in [-0.4, -0.2) is 80.2 Å². The molecule has 0 aliphatic rings. The summed E-state index contributed by atoms with van der Waals surface area (Å²) >= 11 is 0. The molecule has 130 valence electrons. The van der Waals surface area contributed by atoms with Crippen LogP contribution < -0.4 is 16.5 Å². The molecular formula is C14H33N7O. The molecular weight excluding hydrogens is 282 g/mol. The van der Waals surface area contributed by atoms with Crippen LogP contribution in [0.1, 0.15) is 26.7 Å². The molecule has 8 heteroatoms. The van der Waals surface area contributed by atoms with E-state index in [0.717, 1.165) is 26.2 Å². The molecule has 0 rings (SSSR count). The Morgan fingerprint density at radius 2 is 1.86 bits per heavy atom. The van der Waals surface area contributed by atoms with Crippen LogP contribution in [0.5, 0.6) is 0 Å². The fourth-order valence-electron chi connectivity index (χ4n) is 1.93. The molecule has 0 aliphatic heterocycles. The Kier molecular flexibility index (Phi) is 10.5. The topological polar surface area (TPSA) is 101 Å². The fraction of sp³-hybridized carbons (Fsp3) is 0.857. The van der Waals surface area contributed by atoms with E-state index in [4.69, 9.17) is 11.1 Å². The number of hydrogen-bond acceptors (Lipinski definition) is 5. The van der Waals surface area contributed by atoms with Gasteiger partial charge in [-0.2, -0.15) is 0 Å². The monoisotopic (exact) mass is 315 g/mol. The molecule has 0 radical (unpaired) electrons. The maximum absolute atomic E-state index is 12.3. The molecule has 1 amide bonds. The molecule has 0 aromatic carbocycles. The van der Waals surface area contributed by atoms with E-state index >= 15 is 0 Å². The minimum absolute atomic E-state index is 0.0387. The quantitative estimate of drug-likeness (QED) is 0.134. The van der Waals surface area contributed by atoms with Crippen LogP contribution in [0, 0.1) is 5.41 Å². The van der Waals surface area contributed by atoms with Gasteiger partial charge in [-0.05, 0) is 26.4 Å². The van der Waals surface area contributed by atoms with E-state index in [1.54, 1.807) is 19.0 Å². The number of nitrogens with two attached hydrogens (primary N) is 1. The molecule has 8 nitrogen and oxygen atoms in total. The van der Waals surface area contributed by atoms with Gasteiger partial charge in [0.25, 0.3) is 0 Å². The Morgan fingerprint density at radius 1 is 1.23 bits per heavy atom. The molecule has 0 saturated carbocycles. The molecule has 0 bridgehead atoms. The van der Waals surface area contributed by atoms with Crippen molar-refractivity contribution in [2.75, 3.05) is 47.4 Å². The van der Waals surface area contributed by atoms with Crippen molar-refractivity contribution >= 4 is 11.9 Å². The van der Waals surface area contributed by atoms with Crippen LogP contribution in [0.15, 0.2) is 0 Å². The molecule has 0 saturated heterocycles. The summed E-state index contributed by atoms with van der Waals surface area (Å²) in [4.78, 5) is 16.1. The lowest BCUT2D eigenvalue weighted by Crippen LogP contribution is -2.54. The predicted molar refractivity (Wildman–Crippen MR) is 90.3 cm³/mol. The largest absolute Gasteiger partial charge is 0.370 e. The number of nitrogens with zero attached hydrogens (tertiary/aromatic N) is 3. The zero-order chi connectivity index (χ0) is 17.1. The lowest BCUT2D eigenvalue weighted by Gasteiger charge is -2.31. The summed E-state index contributed by atoms with van der Waals surface area (Å²) in [6.45, 7) is 7.28. The second-order valence-electron chi connectivity index (χ2n) is 5.57. The first-order chi connectivity index (χ1) is 10.3. The van der Waals surface area contributed by atoms with Crippen molar-refractivity contribution in [2.24, 2.45) is 5.73 Å². The third kappa shape index (κ3) is 8.81. The second kappa shape index (κ2) is 11.2. The number of hydrogen-bond donors (Lipinski definition) is 4. The summed E-state index contributed by atoms with van der Waals surface area (Å²) in [7, 11) is 5.57. The first kappa shape index (κ1) is 20.6. The maximum atomic E-state index is 12.3. The number of nitrogens with one attached hydrogen (secondary N) is 3. The molecule has 0 fully saturated rings. The minimum atomic E-state index is -0.269. The SMILES string of the molecule is CCN(C)CN(CC)N[C@@H](CCCNC(=N)N)C(=O)N(C)C. The summed E-state index contributed by atoms with van der Waals surface area (Å²) in [6, 6.07) is -0.269. The molecule has 0 heterocycles. The first-order valence-corrected chi connectivity index (χ1v) is 7.80. The Balaban J connectivity index is 4.56. The zero-order valence-electron chi connectivity index (χ0n) is 14.6. The molecule has 0 aromatic heterocycles. The van der Waals surface area contributed by atoms with Gasteiger partial charge in [0.05, 0.1) is 6.67 Å². The fourth-order valence-corrected chi connectivity index (χ4v) is 1.93. The van der Waals surface area contributed by atoms with Gasteiger partial charge in [-0.3, -0.25) is 15.1 Å². The van der Waals surface area contributed by atoms with E-state index < -0.39 is 0 Å². The van der Waals surface area contributed by atoms with Gasteiger partial charge in [0, 0.05) is 27.2 Å². The van der Waals surface area contributed by atoms with Gasteiger partial charge in [0.15, 0.2) is 5.96 Å². The molecule has 0 unspecified atom stereocenters. The van der Waals surface area contributed by atoms with Gasteiger partial charge in [0.1, 0.15) is 6.04 Å². The number of hydrazine groups is 1. The summed E-state index contributed by atoms with van der Waals surface area (Å²) in [5.74, 6) is 0.0172. The smallest absolute Gasteiger partial charge is 0.240 e. The number of carbonyl (C=O) groups is 1. The van der Waals surface area contributed by atoms with E-state index in [0.29, 0.717) is 13.0 Å². The van der Waals surface area contributed by atoms with E-state index in [1.807, 2.05) is 12.1 Å². The standard InChI is InChI=1S/C14H33N7O/c1-6-20(5)11-21(7-2)18-12(13(22)19(3)4)9-8-10-17-14(15)16/h12,18H,6-11H2,1-5H3,(H4,15,16,17)/t12-/m0/s1. The number of rotatable bonds is 11. The van der Waals surface area contributed by atoms with Crippen LogP contribution in [0.25, 0.3) is 0 Å². The highest BCUT2D eigenvalue weighted by molar-refractivity contribution is 5.81. The normalized spacial score (nSPS) is 12.5. The van der Waals surface area contributed by atoms with Crippen molar-refractivity contribution in [3.05, 3.63) is 0 Å². The van der Waals surface area contributed by atoms with E-state index in [2.05, 4.69) is 29.5 Å². The van der Waals surface area contributed by atoms with E-state index in [1.165, 1.54) is 0 Å². The molecule has 0 aromatic rings. The minimum Gasteiger partial charge on any atom is -0.370 e. The van der Waals surface area contributed by atoms with Gasteiger partial charge >= 0.3 is 0 Å². The summed E-state index contributed by atoms with van der Waals surface area (Å²) < 4.78 is 0. The average Bonchev–Trinajstić information content (AvgIpc) is 2.47. The molecule has 5 N–H and O–H groups in total. The first-order valence-electron chi connectivity index (χ1n) is 7.80. The van der Waals surface area contributed by atoms with Crippen molar-refractivity contribution in [3.8, 4) is 0 Å². The number of carbonyl (C=O) groups excluding carboxylic acids is 1. The zero-order valence-corrected chi connectivity index (χ0v) is 14.6. The Labute approximate surface area is 134 Å². The molecule has 1 atom stereocenters. The number of likely N-dealkylation sites (N-methyl/N-ethyl adjacent to an activating group) is 1. The summed E-state index contributed by atoms with van der Waals surface area (Å²) in [5, 5.41) is 11.9. The van der Waals surface area contributed by atoms with Gasteiger partial charge in [-0.15, -0.1) is 0 Å². The third-order valence-corrected chi connectivity index (χ3v) is 3.40. The van der Waals surface area contributed by atoms with Gasteiger partial charge in [-0.1, -0.05) is 13.8 Å². The third-order valence-electron chi connectivity index (χ3n) is 3.40. The van der Waals surface area contributed by atoms with Crippen LogP contribution in [0.2, 0.25) is 0 Å². The van der Waals surface area contributed by atoms with Crippen LogP contribution in [0.4, 0.5) is 0 Å². The van der Waals surface area contributed by atoms with Crippen molar-refractivity contribution in [1.29, 1.82) is 5.41 Å². The van der Waals surface area contributed by atoms with Gasteiger partial charge < -0.3 is 16.0 Å². The summed E-state index contributed by atoms with van der Waals surface area (Å²) in [6.07, 6.45) is 1.45. The molecule has 0 spiro atoms. The van der Waals surface area contributed by atoms with Crippen molar-refractivity contribution in [1.82, 2.24) is 25.6 Å².